The number of nitrogens with one attached hydrogen (secondary N) is 1. The highest BCUT2D eigenvalue weighted by molar-refractivity contribution is 7.89. The molecule has 1 fully saturated rings. The number of anilines is 1. The molecule has 2 aromatic rings. The molecule has 154 valence electrons. The summed E-state index contributed by atoms with van der Waals surface area (Å²) in [4.78, 5) is 10.5. The summed E-state index contributed by atoms with van der Waals surface area (Å²) >= 11 is 0. The van der Waals surface area contributed by atoms with Gasteiger partial charge in [0.25, 0.3) is 5.69 Å². The number of sulfonamides is 1. The molecule has 12 heteroatoms. The molecule has 2 aromatic carbocycles. The average molecular weight is 422 g/mol. The van der Waals surface area contributed by atoms with Crippen molar-refractivity contribution in [2.75, 3.05) is 31.7 Å². The third kappa shape index (κ3) is 4.62. The lowest BCUT2D eigenvalue weighted by molar-refractivity contribution is -0.384. The van der Waals surface area contributed by atoms with Crippen LogP contribution in [0.4, 0.5) is 11.4 Å². The highest BCUT2D eigenvalue weighted by Gasteiger charge is 2.28. The molecule has 0 bridgehead atoms. The van der Waals surface area contributed by atoms with Crippen LogP contribution in [0.3, 0.4) is 0 Å². The van der Waals surface area contributed by atoms with Gasteiger partial charge in [-0.1, -0.05) is 0 Å². The average Bonchev–Trinajstić information content (AvgIpc) is 2.70. The number of aromatic hydroxyl groups is 2. The van der Waals surface area contributed by atoms with Crippen molar-refractivity contribution in [1.82, 2.24) is 4.31 Å². The second kappa shape index (κ2) is 8.43. The third-order valence-corrected chi connectivity index (χ3v) is 6.07. The van der Waals surface area contributed by atoms with Crippen molar-refractivity contribution in [3.05, 3.63) is 52.1 Å². The molecular formula is C17H18N4O7S. The van der Waals surface area contributed by atoms with Gasteiger partial charge in [0.05, 0.1) is 29.2 Å². The van der Waals surface area contributed by atoms with Crippen LogP contribution in [0.15, 0.2) is 46.4 Å². The molecule has 0 saturated carbocycles. The maximum Gasteiger partial charge on any atom is 0.295 e. The molecule has 0 radical (unpaired) electrons. The van der Waals surface area contributed by atoms with E-state index in [2.05, 4.69) is 10.5 Å². The molecule has 1 heterocycles. The molecule has 1 aliphatic rings. The zero-order valence-electron chi connectivity index (χ0n) is 15.1. The largest absolute Gasteiger partial charge is 0.508 e. The Hall–Kier alpha value is -3.22. The monoisotopic (exact) mass is 422 g/mol. The minimum atomic E-state index is -3.88. The Bertz CT molecular complexity index is 1050. The van der Waals surface area contributed by atoms with Crippen molar-refractivity contribution in [1.29, 1.82) is 0 Å². The first-order valence-electron chi connectivity index (χ1n) is 8.46. The molecule has 0 unspecified atom stereocenters. The predicted octanol–water partition coefficient (Wildman–Crippen LogP) is 1.47. The summed E-state index contributed by atoms with van der Waals surface area (Å²) in [7, 11) is -3.88. The molecule has 1 saturated heterocycles. The Morgan fingerprint density at radius 3 is 2.55 bits per heavy atom. The van der Waals surface area contributed by atoms with Gasteiger partial charge in [-0.05, 0) is 24.3 Å². The molecule has 0 atom stereocenters. The molecule has 0 aromatic heterocycles. The zero-order chi connectivity index (χ0) is 21.0. The number of rotatable bonds is 6. The molecule has 0 spiro atoms. The van der Waals surface area contributed by atoms with Crippen LogP contribution in [-0.4, -0.2) is 60.4 Å². The predicted molar refractivity (Wildman–Crippen MR) is 104 cm³/mol. The van der Waals surface area contributed by atoms with Gasteiger partial charge in [-0.3, -0.25) is 15.5 Å². The summed E-state index contributed by atoms with van der Waals surface area (Å²) in [6, 6.07) is 7.35. The number of ether oxygens (including phenoxy) is 1. The maximum absolute atomic E-state index is 12.7. The topological polar surface area (TPSA) is 155 Å². The van der Waals surface area contributed by atoms with Gasteiger partial charge < -0.3 is 14.9 Å². The summed E-state index contributed by atoms with van der Waals surface area (Å²) in [5.74, 6) is -0.350. The molecule has 0 amide bonds. The van der Waals surface area contributed by atoms with E-state index >= 15 is 0 Å². The normalized spacial score (nSPS) is 15.4. The number of phenols is 2. The Morgan fingerprint density at radius 1 is 1.17 bits per heavy atom. The summed E-state index contributed by atoms with van der Waals surface area (Å²) < 4.78 is 31.7. The number of nitrogens with zero attached hydrogens (tertiary/aromatic N) is 3. The Balaban J connectivity index is 1.84. The number of hydrogen-bond acceptors (Lipinski definition) is 9. The summed E-state index contributed by atoms with van der Waals surface area (Å²) in [5.41, 5.74) is 2.25. The van der Waals surface area contributed by atoms with E-state index in [0.29, 0.717) is 0 Å². The van der Waals surface area contributed by atoms with Gasteiger partial charge in [0.15, 0.2) is 0 Å². The van der Waals surface area contributed by atoms with Gasteiger partial charge in [-0.2, -0.15) is 9.41 Å². The van der Waals surface area contributed by atoms with E-state index in [1.807, 2.05) is 0 Å². The van der Waals surface area contributed by atoms with E-state index in [0.717, 1.165) is 12.1 Å². The highest BCUT2D eigenvalue weighted by atomic mass is 32.2. The Kier molecular flexibility index (Phi) is 5.96. The quantitative estimate of drug-likeness (QED) is 0.359. The molecule has 3 rings (SSSR count). The standard InChI is InChI=1S/C17H18N4O7S/c22-13-2-1-12(17(23)9-13)11-18-19-15-4-3-14(10-16(15)21(24)25)29(26,27)20-5-7-28-8-6-20/h1-4,9-11,19,22-23H,5-8H2. The first-order chi connectivity index (χ1) is 13.8. The van der Waals surface area contributed by atoms with E-state index < -0.39 is 20.6 Å². The van der Waals surface area contributed by atoms with Gasteiger partial charge in [-0.15, -0.1) is 0 Å². The third-order valence-electron chi connectivity index (χ3n) is 4.18. The number of nitro benzene ring substituents is 1. The molecule has 11 nitrogen and oxygen atoms in total. The minimum Gasteiger partial charge on any atom is -0.508 e. The number of morpholine rings is 1. The highest BCUT2D eigenvalue weighted by Crippen LogP contribution is 2.29. The van der Waals surface area contributed by atoms with Gasteiger partial charge in [-0.25, -0.2) is 8.42 Å². The van der Waals surface area contributed by atoms with E-state index in [9.17, 15) is 28.7 Å². The lowest BCUT2D eigenvalue weighted by Gasteiger charge is -2.26. The fourth-order valence-corrected chi connectivity index (χ4v) is 4.09. The number of hydrazone groups is 1. The Morgan fingerprint density at radius 2 is 1.90 bits per heavy atom. The van der Waals surface area contributed by atoms with Crippen LogP contribution in [0, 0.1) is 10.1 Å². The first kappa shape index (κ1) is 20.5. The number of phenolic OH excluding ortho intramolecular Hbond substituents is 2. The van der Waals surface area contributed by atoms with Crippen LogP contribution in [0.2, 0.25) is 0 Å². The minimum absolute atomic E-state index is 0.0227. The Labute approximate surface area is 166 Å². The SMILES string of the molecule is O=[N+]([O-])c1cc(S(=O)(=O)N2CCOCC2)ccc1NN=Cc1ccc(O)cc1O. The molecule has 3 N–H and O–H groups in total. The first-order valence-corrected chi connectivity index (χ1v) is 9.90. The molecule has 1 aliphatic heterocycles. The number of nitro groups is 1. The van der Waals surface area contributed by atoms with Crippen LogP contribution < -0.4 is 5.43 Å². The lowest BCUT2D eigenvalue weighted by atomic mass is 10.2. The van der Waals surface area contributed by atoms with Gasteiger partial charge >= 0.3 is 0 Å². The van der Waals surface area contributed by atoms with Crippen molar-refractivity contribution >= 4 is 27.6 Å². The molecule has 29 heavy (non-hydrogen) atoms. The van der Waals surface area contributed by atoms with Crippen molar-refractivity contribution in [2.24, 2.45) is 5.10 Å². The van der Waals surface area contributed by atoms with E-state index in [4.69, 9.17) is 4.74 Å². The number of benzene rings is 2. The van der Waals surface area contributed by atoms with Crippen LogP contribution >= 0.6 is 0 Å². The summed E-state index contributed by atoms with van der Waals surface area (Å²) in [5, 5.41) is 34.2. The smallest absolute Gasteiger partial charge is 0.295 e. The van der Waals surface area contributed by atoms with Gasteiger partial charge in [0.1, 0.15) is 17.2 Å². The van der Waals surface area contributed by atoms with E-state index in [-0.39, 0.29) is 53.9 Å². The van der Waals surface area contributed by atoms with E-state index in [1.165, 1.54) is 34.8 Å². The van der Waals surface area contributed by atoms with Gasteiger partial charge in [0, 0.05) is 30.8 Å². The van der Waals surface area contributed by atoms with Crippen molar-refractivity contribution in [3.63, 3.8) is 0 Å². The van der Waals surface area contributed by atoms with Crippen LogP contribution in [-0.2, 0) is 14.8 Å². The number of hydrogen-bond donors (Lipinski definition) is 3. The van der Waals surface area contributed by atoms with Crippen molar-refractivity contribution in [3.8, 4) is 11.5 Å². The fraction of sp³-hybridized carbons (Fsp3) is 0.235. The zero-order valence-corrected chi connectivity index (χ0v) is 15.9. The van der Waals surface area contributed by atoms with Crippen LogP contribution in [0.1, 0.15) is 5.56 Å². The van der Waals surface area contributed by atoms with Crippen LogP contribution in [0.5, 0.6) is 11.5 Å². The van der Waals surface area contributed by atoms with Crippen molar-refractivity contribution < 1.29 is 28.3 Å². The molecule has 0 aliphatic carbocycles. The second-order valence-corrected chi connectivity index (χ2v) is 8.00. The van der Waals surface area contributed by atoms with Gasteiger partial charge in [0.2, 0.25) is 10.0 Å². The molecular weight excluding hydrogens is 404 g/mol. The summed E-state index contributed by atoms with van der Waals surface area (Å²) in [6.07, 6.45) is 1.21. The lowest BCUT2D eigenvalue weighted by Crippen LogP contribution is -2.40. The fourth-order valence-electron chi connectivity index (χ4n) is 2.67. The maximum atomic E-state index is 12.7. The van der Waals surface area contributed by atoms with E-state index in [1.54, 1.807) is 0 Å². The van der Waals surface area contributed by atoms with Crippen molar-refractivity contribution in [2.45, 2.75) is 4.90 Å². The second-order valence-electron chi connectivity index (χ2n) is 6.07. The summed E-state index contributed by atoms with van der Waals surface area (Å²) in [6.45, 7) is 0.882. The van der Waals surface area contributed by atoms with Crippen LogP contribution in [0.25, 0.3) is 0 Å².